The largest absolute Gasteiger partial charge is 0.178 e. The third-order valence-electron chi connectivity index (χ3n) is 1.21. The monoisotopic (exact) mass is 420 g/mol. The van der Waals surface area contributed by atoms with Crippen molar-refractivity contribution >= 4 is 67.9 Å². The van der Waals surface area contributed by atoms with Crippen molar-refractivity contribution in [2.75, 3.05) is 0 Å². The summed E-state index contributed by atoms with van der Waals surface area (Å²) >= 11 is 7.84. The zero-order valence-electron chi connectivity index (χ0n) is 5.62. The molecule has 2 aromatic heterocycles. The molecule has 0 N–H and O–H groups in total. The fourth-order valence-electron chi connectivity index (χ4n) is 0.744. The van der Waals surface area contributed by atoms with Crippen molar-refractivity contribution in [2.24, 2.45) is 0 Å². The van der Waals surface area contributed by atoms with Crippen LogP contribution in [0, 0.1) is 5.90 Å². The summed E-state index contributed by atoms with van der Waals surface area (Å²) in [5.41, 5.74) is 1.19. The Kier molecular flexibility index (Phi) is 2.97. The van der Waals surface area contributed by atoms with Crippen molar-refractivity contribution in [3.63, 3.8) is 0 Å². The van der Waals surface area contributed by atoms with Gasteiger partial charge in [0, 0.05) is 10.9 Å². The lowest BCUT2D eigenvalue weighted by molar-refractivity contribution is 1.07. The number of hydrogen-bond donors (Lipinski definition) is 0. The number of thiophene rings is 1. The molecular formula is C6H2I2N2S2. The number of halogens is 2. The number of nitrogens with zero attached hydrogens (tertiary/aromatic N) is 2. The third-order valence-corrected chi connectivity index (χ3v) is 4.64. The smallest absolute Gasteiger partial charge is 0.137 e. The van der Waals surface area contributed by atoms with Gasteiger partial charge in [-0.2, -0.15) is 0 Å². The van der Waals surface area contributed by atoms with Gasteiger partial charge in [0.05, 0.1) is 2.88 Å². The molecule has 0 aliphatic heterocycles. The van der Waals surface area contributed by atoms with E-state index in [4.69, 9.17) is 0 Å². The Bertz CT molecular complexity index is 357. The summed E-state index contributed by atoms with van der Waals surface area (Å²) in [5, 5.41) is 11.1. The normalized spacial score (nSPS) is 10.5. The van der Waals surface area contributed by atoms with Gasteiger partial charge in [0.25, 0.3) is 0 Å². The van der Waals surface area contributed by atoms with Crippen LogP contribution < -0.4 is 0 Å². The first-order chi connectivity index (χ1) is 5.75. The average molecular weight is 420 g/mol. The second-order valence-corrected chi connectivity index (χ2v) is 7.54. The van der Waals surface area contributed by atoms with Crippen LogP contribution in [0.1, 0.15) is 0 Å². The minimum atomic E-state index is 0.990. The standard InChI is InChI=1S/C6H2I2N2S2/c7-4-1-3(2-11-4)5-9-10-6(8)12-5/h1-2H. The van der Waals surface area contributed by atoms with Crippen molar-refractivity contribution in [3.8, 4) is 10.6 Å². The SMILES string of the molecule is Ic1cc(-c2nnc(I)s2)cs1. The lowest BCUT2D eigenvalue weighted by Gasteiger charge is -1.82. The first-order valence-electron chi connectivity index (χ1n) is 2.99. The van der Waals surface area contributed by atoms with E-state index in [9.17, 15) is 0 Å². The van der Waals surface area contributed by atoms with Gasteiger partial charge in [0.2, 0.25) is 0 Å². The van der Waals surface area contributed by atoms with Crippen LogP contribution in [0.15, 0.2) is 11.4 Å². The molecule has 62 valence electrons. The van der Waals surface area contributed by atoms with Crippen LogP contribution in [0.25, 0.3) is 10.6 Å². The van der Waals surface area contributed by atoms with Crippen LogP contribution in [0.4, 0.5) is 0 Å². The zero-order chi connectivity index (χ0) is 8.55. The van der Waals surface area contributed by atoms with Crippen molar-refractivity contribution in [1.82, 2.24) is 10.2 Å². The van der Waals surface area contributed by atoms with Crippen LogP contribution >= 0.6 is 67.9 Å². The summed E-state index contributed by atoms with van der Waals surface area (Å²) < 4.78 is 2.27. The lowest BCUT2D eigenvalue weighted by atomic mass is 10.4. The maximum atomic E-state index is 4.06. The van der Waals surface area contributed by atoms with Crippen LogP contribution in [0.5, 0.6) is 0 Å². The summed E-state index contributed by atoms with van der Waals surface area (Å²) in [6.45, 7) is 0. The maximum absolute atomic E-state index is 4.06. The molecule has 0 saturated carbocycles. The van der Waals surface area contributed by atoms with Crippen LogP contribution in [0.2, 0.25) is 0 Å². The predicted octanol–water partition coefficient (Wildman–Crippen LogP) is 3.48. The molecule has 12 heavy (non-hydrogen) atoms. The fraction of sp³-hybridized carbons (Fsp3) is 0. The summed E-state index contributed by atoms with van der Waals surface area (Å²) in [7, 11) is 0. The third kappa shape index (κ3) is 1.96. The molecule has 2 heterocycles. The molecule has 0 bridgehead atoms. The average Bonchev–Trinajstić information content (AvgIpc) is 2.58. The summed E-state index contributed by atoms with van der Waals surface area (Å²) in [5.74, 6) is 0. The van der Waals surface area contributed by atoms with Crippen molar-refractivity contribution in [2.45, 2.75) is 0 Å². The van der Waals surface area contributed by atoms with Gasteiger partial charge in [-0.3, -0.25) is 0 Å². The zero-order valence-corrected chi connectivity index (χ0v) is 11.6. The molecule has 0 saturated heterocycles. The van der Waals surface area contributed by atoms with Gasteiger partial charge in [0.15, 0.2) is 3.01 Å². The molecule has 6 heteroatoms. The highest BCUT2D eigenvalue weighted by atomic mass is 127. The second kappa shape index (κ2) is 3.84. The number of aromatic nitrogens is 2. The van der Waals surface area contributed by atoms with E-state index >= 15 is 0 Å². The van der Waals surface area contributed by atoms with Gasteiger partial charge in [-0.05, 0) is 51.2 Å². The molecule has 0 unspecified atom stereocenters. The van der Waals surface area contributed by atoms with E-state index in [-0.39, 0.29) is 0 Å². The molecule has 2 nitrogen and oxygen atoms in total. The summed E-state index contributed by atoms with van der Waals surface area (Å²) in [4.78, 5) is 0. The van der Waals surface area contributed by atoms with Crippen LogP contribution in [0.3, 0.4) is 0 Å². The Morgan fingerprint density at radius 1 is 1.25 bits per heavy atom. The topological polar surface area (TPSA) is 25.8 Å². The molecule has 0 atom stereocenters. The van der Waals surface area contributed by atoms with E-state index in [0.717, 1.165) is 8.02 Å². The predicted molar refractivity (Wildman–Crippen MR) is 68.7 cm³/mol. The molecule has 0 aromatic carbocycles. The van der Waals surface area contributed by atoms with E-state index in [1.807, 2.05) is 0 Å². The Hall–Kier alpha value is 0.720. The van der Waals surface area contributed by atoms with Gasteiger partial charge in [-0.25, -0.2) is 0 Å². The molecule has 0 fully saturated rings. The molecule has 2 aromatic rings. The van der Waals surface area contributed by atoms with Gasteiger partial charge in [-0.15, -0.1) is 21.5 Å². The Morgan fingerprint density at radius 3 is 2.58 bits per heavy atom. The first kappa shape index (κ1) is 9.28. The minimum Gasteiger partial charge on any atom is -0.137 e. The highest BCUT2D eigenvalue weighted by molar-refractivity contribution is 14.1. The molecule has 0 spiro atoms. The van der Waals surface area contributed by atoms with Gasteiger partial charge in [0.1, 0.15) is 5.01 Å². The van der Waals surface area contributed by atoms with Crippen LogP contribution in [-0.2, 0) is 0 Å². The molecular weight excluding hydrogens is 418 g/mol. The maximum Gasteiger partial charge on any atom is 0.178 e. The van der Waals surface area contributed by atoms with E-state index in [1.165, 1.54) is 8.45 Å². The number of hydrogen-bond acceptors (Lipinski definition) is 4. The highest BCUT2D eigenvalue weighted by Gasteiger charge is 2.05. The summed E-state index contributed by atoms with van der Waals surface area (Å²) in [6.07, 6.45) is 0. The Balaban J connectivity index is 2.43. The van der Waals surface area contributed by atoms with Gasteiger partial charge >= 0.3 is 0 Å². The molecule has 0 amide bonds. The van der Waals surface area contributed by atoms with Crippen molar-refractivity contribution in [3.05, 3.63) is 17.3 Å². The fourth-order valence-corrected chi connectivity index (χ4v) is 3.44. The van der Waals surface area contributed by atoms with E-state index in [2.05, 4.69) is 66.8 Å². The lowest BCUT2D eigenvalue weighted by Crippen LogP contribution is -1.71. The molecule has 2 rings (SSSR count). The summed E-state index contributed by atoms with van der Waals surface area (Å²) in [6, 6.07) is 2.13. The van der Waals surface area contributed by atoms with E-state index < -0.39 is 0 Å². The highest BCUT2D eigenvalue weighted by Crippen LogP contribution is 2.29. The Morgan fingerprint density at radius 2 is 2.08 bits per heavy atom. The quantitative estimate of drug-likeness (QED) is 0.661. The van der Waals surface area contributed by atoms with Crippen molar-refractivity contribution in [1.29, 1.82) is 0 Å². The molecule has 0 aliphatic carbocycles. The van der Waals surface area contributed by atoms with E-state index in [1.54, 1.807) is 22.7 Å². The van der Waals surface area contributed by atoms with Crippen LogP contribution in [-0.4, -0.2) is 10.2 Å². The number of rotatable bonds is 1. The van der Waals surface area contributed by atoms with Gasteiger partial charge < -0.3 is 0 Å². The van der Waals surface area contributed by atoms with E-state index in [0.29, 0.717) is 0 Å². The second-order valence-electron chi connectivity index (χ2n) is 2.00. The molecule has 0 radical (unpaired) electrons. The minimum absolute atomic E-state index is 0.990. The van der Waals surface area contributed by atoms with Gasteiger partial charge in [-0.1, -0.05) is 11.3 Å². The Labute approximate surface area is 105 Å². The molecule has 0 aliphatic rings. The first-order valence-corrected chi connectivity index (χ1v) is 6.84. The van der Waals surface area contributed by atoms with Crippen molar-refractivity contribution < 1.29 is 0 Å².